The van der Waals surface area contributed by atoms with Crippen LogP contribution < -0.4 is 5.32 Å². The lowest BCUT2D eigenvalue weighted by atomic mass is 10.0. The van der Waals surface area contributed by atoms with Gasteiger partial charge in [0.05, 0.1) is 5.75 Å². The van der Waals surface area contributed by atoms with Crippen molar-refractivity contribution in [2.24, 2.45) is 0 Å². The number of amides is 1. The van der Waals surface area contributed by atoms with Crippen molar-refractivity contribution in [1.29, 1.82) is 0 Å². The van der Waals surface area contributed by atoms with Gasteiger partial charge in [0.2, 0.25) is 5.91 Å². The SMILES string of the molecule is O=C(CSCc1ccc(Cl)cc1F)NCc1ccccc1CN1CCCCC1. The van der Waals surface area contributed by atoms with Crippen molar-refractivity contribution in [3.8, 4) is 0 Å². The number of hydrogen-bond donors (Lipinski definition) is 1. The molecule has 1 N–H and O–H groups in total. The van der Waals surface area contributed by atoms with Crippen LogP contribution >= 0.6 is 23.4 Å². The quantitative estimate of drug-likeness (QED) is 0.651. The first kappa shape index (κ1) is 21.2. The molecule has 0 aromatic heterocycles. The zero-order chi connectivity index (χ0) is 19.8. The van der Waals surface area contributed by atoms with E-state index in [1.54, 1.807) is 12.1 Å². The Balaban J connectivity index is 1.45. The molecule has 0 atom stereocenters. The molecule has 1 fully saturated rings. The lowest BCUT2D eigenvalue weighted by Gasteiger charge is -2.27. The van der Waals surface area contributed by atoms with Crippen LogP contribution in [0, 0.1) is 5.82 Å². The van der Waals surface area contributed by atoms with E-state index in [0.717, 1.165) is 25.2 Å². The number of thioether (sulfide) groups is 1. The van der Waals surface area contributed by atoms with Gasteiger partial charge in [0.1, 0.15) is 5.82 Å². The number of likely N-dealkylation sites (tertiary alicyclic amines) is 1. The van der Waals surface area contributed by atoms with Crippen LogP contribution in [0.2, 0.25) is 5.02 Å². The van der Waals surface area contributed by atoms with E-state index < -0.39 is 0 Å². The Hall–Kier alpha value is -1.56. The molecule has 2 aromatic carbocycles. The minimum Gasteiger partial charge on any atom is -0.351 e. The van der Waals surface area contributed by atoms with Gasteiger partial charge in [-0.15, -0.1) is 11.8 Å². The Morgan fingerprint density at radius 3 is 2.57 bits per heavy atom. The van der Waals surface area contributed by atoms with Gasteiger partial charge in [-0.3, -0.25) is 9.69 Å². The molecular formula is C22H26ClFN2OS. The second-order valence-corrected chi connectivity index (χ2v) is 8.53. The number of piperidine rings is 1. The molecule has 1 aliphatic rings. The molecule has 28 heavy (non-hydrogen) atoms. The van der Waals surface area contributed by atoms with Gasteiger partial charge in [0.25, 0.3) is 0 Å². The maximum Gasteiger partial charge on any atom is 0.230 e. The van der Waals surface area contributed by atoms with Crippen LogP contribution in [-0.4, -0.2) is 29.6 Å². The molecule has 3 rings (SSSR count). The molecule has 0 saturated carbocycles. The first-order valence-corrected chi connectivity index (χ1v) is 11.2. The Labute approximate surface area is 175 Å². The number of nitrogens with one attached hydrogen (secondary N) is 1. The summed E-state index contributed by atoms with van der Waals surface area (Å²) in [4.78, 5) is 14.7. The molecule has 0 radical (unpaired) electrons. The van der Waals surface area contributed by atoms with E-state index in [0.29, 0.717) is 28.6 Å². The van der Waals surface area contributed by atoms with Crippen molar-refractivity contribution in [1.82, 2.24) is 10.2 Å². The van der Waals surface area contributed by atoms with E-state index in [-0.39, 0.29) is 11.7 Å². The highest BCUT2D eigenvalue weighted by atomic mass is 35.5. The van der Waals surface area contributed by atoms with Crippen molar-refractivity contribution in [3.05, 3.63) is 70.0 Å². The van der Waals surface area contributed by atoms with E-state index in [1.807, 2.05) is 6.07 Å². The number of hydrogen-bond acceptors (Lipinski definition) is 3. The van der Waals surface area contributed by atoms with Crippen molar-refractivity contribution in [2.75, 3.05) is 18.8 Å². The first-order chi connectivity index (χ1) is 13.6. The zero-order valence-corrected chi connectivity index (χ0v) is 17.5. The summed E-state index contributed by atoms with van der Waals surface area (Å²) in [5.41, 5.74) is 3.00. The predicted octanol–water partition coefficient (Wildman–Crippen LogP) is 5.01. The normalized spacial score (nSPS) is 14.8. The maximum atomic E-state index is 13.8. The van der Waals surface area contributed by atoms with Gasteiger partial charge in [0.15, 0.2) is 0 Å². The standard InChI is InChI=1S/C22H26ClFN2OS/c23-20-9-8-19(21(24)12-20)15-28-16-22(27)25-13-17-6-2-3-7-18(17)14-26-10-4-1-5-11-26/h2-3,6-9,12H,1,4-5,10-11,13-16H2,(H,25,27). The number of carbonyl (C=O) groups is 1. The number of rotatable bonds is 8. The molecule has 0 aliphatic carbocycles. The molecule has 3 nitrogen and oxygen atoms in total. The molecule has 1 amide bonds. The van der Waals surface area contributed by atoms with Crippen LogP contribution in [0.4, 0.5) is 4.39 Å². The third kappa shape index (κ3) is 6.50. The van der Waals surface area contributed by atoms with Gasteiger partial charge < -0.3 is 5.32 Å². The third-order valence-electron chi connectivity index (χ3n) is 4.94. The summed E-state index contributed by atoms with van der Waals surface area (Å²) < 4.78 is 13.8. The molecular weight excluding hydrogens is 395 g/mol. The summed E-state index contributed by atoms with van der Waals surface area (Å²) in [6.07, 6.45) is 3.86. The first-order valence-electron chi connectivity index (χ1n) is 9.69. The second kappa shape index (κ2) is 10.8. The minimum atomic E-state index is -0.327. The lowest BCUT2D eigenvalue weighted by Crippen LogP contribution is -2.30. The number of nitrogens with zero attached hydrogens (tertiary/aromatic N) is 1. The van der Waals surface area contributed by atoms with Crippen LogP contribution in [0.1, 0.15) is 36.0 Å². The molecule has 0 spiro atoms. The number of benzene rings is 2. The average Bonchev–Trinajstić information content (AvgIpc) is 2.70. The molecule has 0 bridgehead atoms. The molecule has 6 heteroatoms. The topological polar surface area (TPSA) is 32.3 Å². The summed E-state index contributed by atoms with van der Waals surface area (Å²) in [7, 11) is 0. The second-order valence-electron chi connectivity index (χ2n) is 7.11. The van der Waals surface area contributed by atoms with Crippen molar-refractivity contribution >= 4 is 29.3 Å². The Morgan fingerprint density at radius 2 is 1.82 bits per heavy atom. The van der Waals surface area contributed by atoms with E-state index in [2.05, 4.69) is 28.4 Å². The van der Waals surface area contributed by atoms with Gasteiger partial charge in [-0.1, -0.05) is 48.4 Å². The average molecular weight is 421 g/mol. The largest absolute Gasteiger partial charge is 0.351 e. The Kier molecular flexibility index (Phi) is 8.19. The number of carbonyl (C=O) groups excluding carboxylic acids is 1. The fraction of sp³-hybridized carbons (Fsp3) is 0.409. The smallest absolute Gasteiger partial charge is 0.230 e. The van der Waals surface area contributed by atoms with Gasteiger partial charge in [0, 0.05) is 23.9 Å². The van der Waals surface area contributed by atoms with Crippen molar-refractivity contribution in [3.63, 3.8) is 0 Å². The van der Waals surface area contributed by atoms with Gasteiger partial charge in [-0.2, -0.15) is 0 Å². The Bertz CT molecular complexity index is 796. The van der Waals surface area contributed by atoms with Crippen LogP contribution in [0.15, 0.2) is 42.5 Å². The van der Waals surface area contributed by atoms with Crippen LogP contribution in [0.5, 0.6) is 0 Å². The summed E-state index contributed by atoms with van der Waals surface area (Å²) in [5.74, 6) is 0.386. The molecule has 150 valence electrons. The van der Waals surface area contributed by atoms with Gasteiger partial charge in [-0.05, 0) is 54.8 Å². The summed E-state index contributed by atoms with van der Waals surface area (Å²) in [6.45, 7) is 3.77. The van der Waals surface area contributed by atoms with Gasteiger partial charge in [-0.25, -0.2) is 4.39 Å². The predicted molar refractivity (Wildman–Crippen MR) is 115 cm³/mol. The highest BCUT2D eigenvalue weighted by molar-refractivity contribution is 7.99. The molecule has 1 heterocycles. The monoisotopic (exact) mass is 420 g/mol. The Morgan fingerprint density at radius 1 is 1.07 bits per heavy atom. The van der Waals surface area contributed by atoms with Crippen LogP contribution in [0.3, 0.4) is 0 Å². The molecule has 1 aliphatic heterocycles. The fourth-order valence-electron chi connectivity index (χ4n) is 3.38. The molecule has 1 saturated heterocycles. The summed E-state index contributed by atoms with van der Waals surface area (Å²) in [6, 6.07) is 12.9. The molecule has 0 unspecified atom stereocenters. The third-order valence-corrected chi connectivity index (χ3v) is 6.16. The van der Waals surface area contributed by atoms with Crippen molar-refractivity contribution in [2.45, 2.75) is 38.1 Å². The van der Waals surface area contributed by atoms with E-state index in [4.69, 9.17) is 11.6 Å². The molecule has 2 aromatic rings. The zero-order valence-electron chi connectivity index (χ0n) is 15.9. The van der Waals surface area contributed by atoms with Gasteiger partial charge >= 0.3 is 0 Å². The highest BCUT2D eigenvalue weighted by Gasteiger charge is 2.13. The van der Waals surface area contributed by atoms with Crippen LogP contribution in [0.25, 0.3) is 0 Å². The lowest BCUT2D eigenvalue weighted by molar-refractivity contribution is -0.118. The maximum absolute atomic E-state index is 13.8. The number of halogens is 2. The van der Waals surface area contributed by atoms with Crippen LogP contribution in [-0.2, 0) is 23.6 Å². The minimum absolute atomic E-state index is 0.0350. The van der Waals surface area contributed by atoms with E-state index >= 15 is 0 Å². The van der Waals surface area contributed by atoms with E-state index in [1.165, 1.54) is 42.7 Å². The summed E-state index contributed by atoms with van der Waals surface area (Å²) >= 11 is 7.16. The highest BCUT2D eigenvalue weighted by Crippen LogP contribution is 2.20. The fourth-order valence-corrected chi connectivity index (χ4v) is 4.38. The summed E-state index contributed by atoms with van der Waals surface area (Å²) in [5, 5.41) is 3.38. The van der Waals surface area contributed by atoms with Crippen molar-refractivity contribution < 1.29 is 9.18 Å². The van der Waals surface area contributed by atoms with E-state index in [9.17, 15) is 9.18 Å².